The second-order valence-electron chi connectivity index (χ2n) is 8.02. The van der Waals surface area contributed by atoms with Gasteiger partial charge in [-0.15, -0.1) is 0 Å². The molecule has 2 atom stereocenters. The van der Waals surface area contributed by atoms with E-state index in [1.807, 2.05) is 11.5 Å². The van der Waals surface area contributed by atoms with Gasteiger partial charge in [-0.1, -0.05) is 45.6 Å². The molecule has 3 nitrogen and oxygen atoms in total. The third-order valence-electron chi connectivity index (χ3n) is 5.34. The van der Waals surface area contributed by atoms with E-state index in [2.05, 4.69) is 68.4 Å². The number of nitrogens with zero attached hydrogens (tertiary/aromatic N) is 1. The summed E-state index contributed by atoms with van der Waals surface area (Å²) in [7, 11) is 0. The summed E-state index contributed by atoms with van der Waals surface area (Å²) in [5.74, 6) is 0.271. The number of likely N-dealkylation sites (tertiary alicyclic amines) is 1. The fourth-order valence-corrected chi connectivity index (χ4v) is 4.12. The lowest BCUT2D eigenvalue weighted by atomic mass is 9.82. The van der Waals surface area contributed by atoms with Crippen LogP contribution in [0.1, 0.15) is 57.2 Å². The number of benzene rings is 1. The van der Waals surface area contributed by atoms with Crippen LogP contribution in [0.2, 0.25) is 0 Å². The van der Waals surface area contributed by atoms with Gasteiger partial charge in [0.15, 0.2) is 0 Å². The Morgan fingerprint density at radius 1 is 1.40 bits per heavy atom. The number of amides is 1. The van der Waals surface area contributed by atoms with Gasteiger partial charge in [-0.2, -0.15) is 12.6 Å². The van der Waals surface area contributed by atoms with Gasteiger partial charge in [0.2, 0.25) is 5.91 Å². The minimum Gasteiger partial charge on any atom is -0.378 e. The summed E-state index contributed by atoms with van der Waals surface area (Å²) in [4.78, 5) is 14.5. The van der Waals surface area contributed by atoms with Gasteiger partial charge in [0.1, 0.15) is 0 Å². The van der Waals surface area contributed by atoms with Crippen molar-refractivity contribution in [2.75, 3.05) is 11.9 Å². The molecule has 1 fully saturated rings. The molecule has 1 aromatic rings. The number of anilines is 1. The average Bonchev–Trinajstić information content (AvgIpc) is 3.00. The number of nitrogens with one attached hydrogen (secondary N) is 1. The number of hydrogen-bond acceptors (Lipinski definition) is 3. The van der Waals surface area contributed by atoms with Crippen LogP contribution in [-0.2, 0) is 10.2 Å². The zero-order valence-electron chi connectivity index (χ0n) is 15.4. The first-order valence-corrected chi connectivity index (χ1v) is 9.54. The highest BCUT2D eigenvalue weighted by Crippen LogP contribution is 2.42. The van der Waals surface area contributed by atoms with Gasteiger partial charge in [-0.25, -0.2) is 0 Å². The van der Waals surface area contributed by atoms with Gasteiger partial charge in [0.25, 0.3) is 0 Å². The maximum Gasteiger partial charge on any atom is 0.223 e. The molecule has 0 aromatic heterocycles. The molecule has 0 saturated carbocycles. The SMILES string of the molecule is C=C/C(=C\S)C1CC(N2CCCC2=O)c2cc(C(C)(C)C)ccc2N1. The monoisotopic (exact) mass is 356 g/mol. The average molecular weight is 357 g/mol. The maximum absolute atomic E-state index is 12.4. The molecular weight excluding hydrogens is 328 g/mol. The molecule has 2 unspecified atom stereocenters. The zero-order chi connectivity index (χ0) is 18.2. The van der Waals surface area contributed by atoms with Crippen molar-refractivity contribution >= 4 is 24.2 Å². The van der Waals surface area contributed by atoms with E-state index in [-0.39, 0.29) is 23.4 Å². The van der Waals surface area contributed by atoms with E-state index < -0.39 is 0 Å². The van der Waals surface area contributed by atoms with E-state index in [0.717, 1.165) is 30.6 Å². The normalized spacial score (nSPS) is 24.1. The first-order chi connectivity index (χ1) is 11.8. The number of fused-ring (bicyclic) bond motifs is 1. The van der Waals surface area contributed by atoms with E-state index in [9.17, 15) is 4.79 Å². The van der Waals surface area contributed by atoms with E-state index >= 15 is 0 Å². The molecule has 2 aliphatic heterocycles. The first kappa shape index (κ1) is 18.1. The van der Waals surface area contributed by atoms with Crippen molar-refractivity contribution in [2.24, 2.45) is 0 Å². The van der Waals surface area contributed by atoms with Gasteiger partial charge in [-0.3, -0.25) is 4.79 Å². The molecule has 0 aliphatic carbocycles. The molecule has 2 aliphatic rings. The predicted octanol–water partition coefficient (Wildman–Crippen LogP) is 4.83. The summed E-state index contributed by atoms with van der Waals surface area (Å²) in [6.45, 7) is 11.4. The summed E-state index contributed by atoms with van der Waals surface area (Å²) in [6, 6.07) is 6.87. The quantitative estimate of drug-likeness (QED) is 0.600. The Bertz CT molecular complexity index is 717. The van der Waals surface area contributed by atoms with Crippen molar-refractivity contribution < 1.29 is 4.79 Å². The Morgan fingerprint density at radius 3 is 2.72 bits per heavy atom. The molecule has 2 heterocycles. The lowest BCUT2D eigenvalue weighted by molar-refractivity contribution is -0.130. The Kier molecular flexibility index (Phi) is 5.01. The van der Waals surface area contributed by atoms with Crippen LogP contribution in [0, 0.1) is 0 Å². The summed E-state index contributed by atoms with van der Waals surface area (Å²) in [5, 5.41) is 5.43. The van der Waals surface area contributed by atoms with Gasteiger partial charge in [0, 0.05) is 18.7 Å². The molecule has 0 spiro atoms. The topological polar surface area (TPSA) is 32.3 Å². The highest BCUT2D eigenvalue weighted by atomic mass is 32.1. The first-order valence-electron chi connectivity index (χ1n) is 9.02. The van der Waals surface area contributed by atoms with Crippen molar-refractivity contribution in [1.82, 2.24) is 4.90 Å². The summed E-state index contributed by atoms with van der Waals surface area (Å²) < 4.78 is 0. The van der Waals surface area contributed by atoms with E-state index in [1.54, 1.807) is 0 Å². The minimum atomic E-state index is 0.0860. The number of rotatable bonds is 3. The molecule has 3 rings (SSSR count). The second-order valence-corrected chi connectivity index (χ2v) is 8.28. The van der Waals surface area contributed by atoms with Gasteiger partial charge in [0.05, 0.1) is 12.1 Å². The molecule has 1 N–H and O–H groups in total. The van der Waals surface area contributed by atoms with Crippen LogP contribution in [-0.4, -0.2) is 23.4 Å². The van der Waals surface area contributed by atoms with Gasteiger partial charge in [-0.05, 0) is 46.4 Å². The van der Waals surface area contributed by atoms with Crippen molar-refractivity contribution in [3.05, 3.63) is 53.0 Å². The Morgan fingerprint density at radius 2 is 2.16 bits per heavy atom. The van der Waals surface area contributed by atoms with Crippen LogP contribution < -0.4 is 5.32 Å². The zero-order valence-corrected chi connectivity index (χ0v) is 16.3. The molecule has 0 radical (unpaired) electrons. The number of carbonyl (C=O) groups excluding carboxylic acids is 1. The van der Waals surface area contributed by atoms with Crippen molar-refractivity contribution in [1.29, 1.82) is 0 Å². The fourth-order valence-electron chi connectivity index (χ4n) is 3.83. The lowest BCUT2D eigenvalue weighted by Crippen LogP contribution is -2.39. The number of hydrogen-bond donors (Lipinski definition) is 2. The molecule has 25 heavy (non-hydrogen) atoms. The Hall–Kier alpha value is -1.68. The van der Waals surface area contributed by atoms with Crippen LogP contribution in [0.5, 0.6) is 0 Å². The number of carbonyl (C=O) groups is 1. The van der Waals surface area contributed by atoms with Crippen molar-refractivity contribution in [2.45, 2.75) is 57.5 Å². The Balaban J connectivity index is 2.05. The molecule has 0 bridgehead atoms. The largest absolute Gasteiger partial charge is 0.378 e. The van der Waals surface area contributed by atoms with E-state index in [4.69, 9.17) is 0 Å². The van der Waals surface area contributed by atoms with Gasteiger partial charge < -0.3 is 10.2 Å². The molecule has 4 heteroatoms. The van der Waals surface area contributed by atoms with E-state index in [0.29, 0.717) is 6.42 Å². The van der Waals surface area contributed by atoms with Crippen LogP contribution in [0.25, 0.3) is 0 Å². The summed E-state index contributed by atoms with van der Waals surface area (Å²) in [5.41, 5.74) is 4.80. The third-order valence-corrected chi connectivity index (χ3v) is 5.64. The molecule has 1 aromatic carbocycles. The van der Waals surface area contributed by atoms with Crippen LogP contribution >= 0.6 is 12.6 Å². The molecule has 134 valence electrons. The van der Waals surface area contributed by atoms with E-state index in [1.165, 1.54) is 11.1 Å². The van der Waals surface area contributed by atoms with Crippen LogP contribution in [0.3, 0.4) is 0 Å². The second kappa shape index (κ2) is 6.91. The Labute approximate surface area is 156 Å². The fraction of sp³-hybridized carbons (Fsp3) is 0.476. The summed E-state index contributed by atoms with van der Waals surface area (Å²) in [6.07, 6.45) is 4.32. The standard InChI is InChI=1S/C21H28N2OS/c1-5-14(13-25)18-12-19(23-10-6-7-20(23)24)16-11-15(21(2,3)4)8-9-17(16)22-18/h5,8-9,11,13,18-19,22,25H,1,6-7,10,12H2,2-4H3/b14-13+. The van der Waals surface area contributed by atoms with Crippen molar-refractivity contribution in [3.63, 3.8) is 0 Å². The highest BCUT2D eigenvalue weighted by Gasteiger charge is 2.36. The molecule has 1 amide bonds. The van der Waals surface area contributed by atoms with Crippen molar-refractivity contribution in [3.8, 4) is 0 Å². The highest BCUT2D eigenvalue weighted by molar-refractivity contribution is 7.83. The molecule has 1 saturated heterocycles. The predicted molar refractivity (Wildman–Crippen MR) is 108 cm³/mol. The maximum atomic E-state index is 12.4. The minimum absolute atomic E-state index is 0.0860. The molecular formula is C21H28N2OS. The lowest BCUT2D eigenvalue weighted by Gasteiger charge is -2.39. The smallest absolute Gasteiger partial charge is 0.223 e. The summed E-state index contributed by atoms with van der Waals surface area (Å²) >= 11 is 4.33. The number of thiol groups is 1. The van der Waals surface area contributed by atoms with Crippen LogP contribution in [0.15, 0.2) is 41.8 Å². The third kappa shape index (κ3) is 3.50. The van der Waals surface area contributed by atoms with Gasteiger partial charge >= 0.3 is 0 Å². The van der Waals surface area contributed by atoms with Crippen LogP contribution in [0.4, 0.5) is 5.69 Å².